The van der Waals surface area contributed by atoms with Crippen LogP contribution in [0.4, 0.5) is 0 Å². The first-order chi connectivity index (χ1) is 15.4. The van der Waals surface area contributed by atoms with Crippen LogP contribution >= 0.6 is 0 Å². The molecule has 0 radical (unpaired) electrons. The number of aromatic amines is 1. The van der Waals surface area contributed by atoms with E-state index >= 15 is 0 Å². The molecule has 0 atom stereocenters. The molecule has 1 N–H and O–H groups in total. The predicted octanol–water partition coefficient (Wildman–Crippen LogP) is 3.15. The van der Waals surface area contributed by atoms with Gasteiger partial charge in [-0.05, 0) is 42.6 Å². The lowest BCUT2D eigenvalue weighted by atomic mass is 10.1. The van der Waals surface area contributed by atoms with Gasteiger partial charge in [-0.3, -0.25) is 9.59 Å². The van der Waals surface area contributed by atoms with E-state index in [9.17, 15) is 9.59 Å². The van der Waals surface area contributed by atoms with Crippen molar-refractivity contribution in [3.63, 3.8) is 0 Å². The van der Waals surface area contributed by atoms with E-state index in [-0.39, 0.29) is 18.0 Å². The van der Waals surface area contributed by atoms with Gasteiger partial charge in [0.1, 0.15) is 0 Å². The Morgan fingerprint density at radius 3 is 2.25 bits per heavy atom. The molecule has 0 saturated carbocycles. The van der Waals surface area contributed by atoms with Crippen LogP contribution < -0.4 is 19.8 Å². The number of ether oxygens (including phenoxy) is 4. The number of fused-ring (bicyclic) bond motifs is 1. The van der Waals surface area contributed by atoms with Crippen molar-refractivity contribution in [3.05, 3.63) is 63.4 Å². The Morgan fingerprint density at radius 2 is 1.66 bits per heavy atom. The second-order valence-corrected chi connectivity index (χ2v) is 7.35. The lowest BCUT2D eigenvalue weighted by molar-refractivity contribution is 0.0679. The highest BCUT2D eigenvalue weighted by Gasteiger charge is 2.22. The maximum absolute atomic E-state index is 13.4. The van der Waals surface area contributed by atoms with E-state index in [0.717, 1.165) is 16.5 Å². The summed E-state index contributed by atoms with van der Waals surface area (Å²) in [6.07, 6.45) is 0. The number of nitrogens with zero attached hydrogens (tertiary/aromatic N) is 1. The van der Waals surface area contributed by atoms with Crippen LogP contribution in [0.15, 0.2) is 41.2 Å². The van der Waals surface area contributed by atoms with Crippen molar-refractivity contribution >= 4 is 16.8 Å². The number of aryl methyl sites for hydroxylation is 1. The molecule has 0 saturated heterocycles. The van der Waals surface area contributed by atoms with E-state index in [1.54, 1.807) is 24.1 Å². The fourth-order valence-electron chi connectivity index (χ4n) is 3.54. The van der Waals surface area contributed by atoms with Gasteiger partial charge in [-0.15, -0.1) is 0 Å². The first kappa shape index (κ1) is 23.1. The van der Waals surface area contributed by atoms with Crippen LogP contribution in [0.3, 0.4) is 0 Å². The highest BCUT2D eigenvalue weighted by atomic mass is 16.5. The van der Waals surface area contributed by atoms with Crippen molar-refractivity contribution in [2.75, 3.05) is 41.6 Å². The summed E-state index contributed by atoms with van der Waals surface area (Å²) in [6.45, 7) is 2.74. The van der Waals surface area contributed by atoms with Gasteiger partial charge in [-0.25, -0.2) is 0 Å². The lowest BCUT2D eigenvalue weighted by Crippen LogP contribution is -2.35. The largest absolute Gasteiger partial charge is 0.493 e. The number of carbonyl (C=O) groups excluding carboxylic acids is 1. The fourth-order valence-corrected chi connectivity index (χ4v) is 3.54. The molecule has 0 unspecified atom stereocenters. The van der Waals surface area contributed by atoms with E-state index in [1.807, 2.05) is 31.2 Å². The Morgan fingerprint density at radius 1 is 0.969 bits per heavy atom. The van der Waals surface area contributed by atoms with Crippen molar-refractivity contribution in [1.82, 2.24) is 9.88 Å². The number of nitrogens with one attached hydrogen (secondary N) is 1. The molecule has 8 nitrogen and oxygen atoms in total. The summed E-state index contributed by atoms with van der Waals surface area (Å²) >= 11 is 0. The number of carbonyl (C=O) groups is 1. The van der Waals surface area contributed by atoms with E-state index in [4.69, 9.17) is 18.9 Å². The summed E-state index contributed by atoms with van der Waals surface area (Å²) in [7, 11) is 6.05. The van der Waals surface area contributed by atoms with Crippen molar-refractivity contribution < 1.29 is 23.7 Å². The van der Waals surface area contributed by atoms with Crippen molar-refractivity contribution in [3.8, 4) is 17.2 Å². The number of hydrogen-bond acceptors (Lipinski definition) is 6. The highest BCUT2D eigenvalue weighted by Crippen LogP contribution is 2.38. The maximum atomic E-state index is 13.4. The molecule has 32 heavy (non-hydrogen) atoms. The van der Waals surface area contributed by atoms with Gasteiger partial charge in [0.05, 0.1) is 34.5 Å². The lowest BCUT2D eigenvalue weighted by Gasteiger charge is -2.23. The minimum Gasteiger partial charge on any atom is -0.493 e. The second kappa shape index (κ2) is 10.2. The van der Waals surface area contributed by atoms with Crippen molar-refractivity contribution in [1.29, 1.82) is 0 Å². The molecule has 170 valence electrons. The topological polar surface area (TPSA) is 90.1 Å². The van der Waals surface area contributed by atoms with Gasteiger partial charge in [0.2, 0.25) is 5.75 Å². The molecule has 0 aliphatic carbocycles. The number of pyridine rings is 1. The number of rotatable bonds is 9. The quantitative estimate of drug-likeness (QED) is 0.550. The summed E-state index contributed by atoms with van der Waals surface area (Å²) in [4.78, 5) is 30.6. The van der Waals surface area contributed by atoms with Gasteiger partial charge in [-0.2, -0.15) is 0 Å². The Bertz CT molecular complexity index is 1150. The average molecular weight is 440 g/mol. The molecule has 0 aliphatic heterocycles. The van der Waals surface area contributed by atoms with Gasteiger partial charge in [0, 0.05) is 30.3 Å². The normalized spacial score (nSPS) is 10.8. The summed E-state index contributed by atoms with van der Waals surface area (Å²) < 4.78 is 21.3. The zero-order valence-corrected chi connectivity index (χ0v) is 19.0. The maximum Gasteiger partial charge on any atom is 0.254 e. The van der Waals surface area contributed by atoms with Crippen LogP contribution in [0.2, 0.25) is 0 Å². The smallest absolute Gasteiger partial charge is 0.254 e. The van der Waals surface area contributed by atoms with Crippen molar-refractivity contribution in [2.45, 2.75) is 13.5 Å². The molecule has 0 fully saturated rings. The van der Waals surface area contributed by atoms with E-state index in [1.165, 1.54) is 21.3 Å². The van der Waals surface area contributed by atoms with Gasteiger partial charge >= 0.3 is 0 Å². The molecule has 0 aliphatic rings. The van der Waals surface area contributed by atoms with Crippen LogP contribution in [0.1, 0.15) is 21.5 Å². The molecule has 1 heterocycles. The summed E-state index contributed by atoms with van der Waals surface area (Å²) in [5.74, 6) is 0.864. The Kier molecular flexibility index (Phi) is 7.37. The third-order valence-corrected chi connectivity index (χ3v) is 5.20. The van der Waals surface area contributed by atoms with E-state index in [0.29, 0.717) is 41.5 Å². The Balaban J connectivity index is 2.00. The Hall–Kier alpha value is -3.52. The SMILES string of the molecule is COCCN(Cc1cc2cc(C)ccc2[nH]c1=O)C(=O)c1cc(OC)c(OC)c(OC)c1. The van der Waals surface area contributed by atoms with Crippen LogP contribution in [0.5, 0.6) is 17.2 Å². The fraction of sp³-hybridized carbons (Fsp3) is 0.333. The van der Waals surface area contributed by atoms with E-state index < -0.39 is 0 Å². The first-order valence-corrected chi connectivity index (χ1v) is 10.1. The average Bonchev–Trinajstić information content (AvgIpc) is 2.80. The number of hydrogen-bond donors (Lipinski definition) is 1. The van der Waals surface area contributed by atoms with E-state index in [2.05, 4.69) is 4.98 Å². The molecule has 0 bridgehead atoms. The highest BCUT2D eigenvalue weighted by molar-refractivity contribution is 5.95. The molecule has 1 aromatic heterocycles. The Labute approximate surface area is 186 Å². The number of amides is 1. The second-order valence-electron chi connectivity index (χ2n) is 7.35. The van der Waals surface area contributed by atoms with Crippen molar-refractivity contribution in [2.24, 2.45) is 0 Å². The monoisotopic (exact) mass is 440 g/mol. The van der Waals surface area contributed by atoms with Gasteiger partial charge in [0.15, 0.2) is 11.5 Å². The predicted molar refractivity (Wildman–Crippen MR) is 122 cm³/mol. The standard InChI is InChI=1S/C24H28N2O6/c1-15-6-7-19-16(10-15)11-18(23(27)25-19)14-26(8-9-29-2)24(28)17-12-20(30-3)22(32-5)21(13-17)31-4/h6-7,10-13H,8-9,14H2,1-5H3,(H,25,27). The molecule has 1 amide bonds. The number of H-pyrrole nitrogens is 1. The minimum absolute atomic E-state index is 0.123. The zero-order valence-electron chi connectivity index (χ0n) is 19.0. The third-order valence-electron chi connectivity index (χ3n) is 5.20. The number of methoxy groups -OCH3 is 4. The molecule has 3 rings (SSSR count). The van der Waals surface area contributed by atoms with Gasteiger partial charge < -0.3 is 28.8 Å². The molecule has 8 heteroatoms. The number of benzene rings is 2. The summed E-state index contributed by atoms with van der Waals surface area (Å²) in [5.41, 5.74) is 2.44. The summed E-state index contributed by atoms with van der Waals surface area (Å²) in [5, 5.41) is 0.909. The van der Waals surface area contributed by atoms with Crippen LogP contribution in [0, 0.1) is 6.92 Å². The first-order valence-electron chi connectivity index (χ1n) is 10.1. The van der Waals surface area contributed by atoms with Crippen LogP contribution in [0.25, 0.3) is 10.9 Å². The third kappa shape index (κ3) is 4.86. The zero-order chi connectivity index (χ0) is 23.3. The minimum atomic E-state index is -0.287. The molecule has 3 aromatic rings. The molecular formula is C24H28N2O6. The van der Waals surface area contributed by atoms with Crippen LogP contribution in [-0.2, 0) is 11.3 Å². The molecular weight excluding hydrogens is 412 g/mol. The summed E-state index contributed by atoms with van der Waals surface area (Å²) in [6, 6.07) is 10.8. The van der Waals surface area contributed by atoms with Gasteiger partial charge in [-0.1, -0.05) is 11.6 Å². The molecule has 2 aromatic carbocycles. The molecule has 0 spiro atoms. The van der Waals surface area contributed by atoms with Gasteiger partial charge in [0.25, 0.3) is 11.5 Å². The van der Waals surface area contributed by atoms with Crippen LogP contribution in [-0.4, -0.2) is 57.4 Å². The number of aromatic nitrogens is 1.